The largest absolute Gasteiger partial charge is 0.492 e. The Balaban J connectivity index is 1.96. The molecule has 0 fully saturated rings. The monoisotopic (exact) mass is 432 g/mol. The highest BCUT2D eigenvalue weighted by atomic mass is 79.9. The van der Waals surface area contributed by atoms with Gasteiger partial charge in [-0.2, -0.15) is 0 Å². The zero-order valence-corrected chi connectivity index (χ0v) is 17.3. The predicted octanol–water partition coefficient (Wildman–Crippen LogP) is 5.62. The average Bonchev–Trinajstić information content (AvgIpc) is 2.62. The number of carbonyl (C=O) groups is 2. The average molecular weight is 433 g/mol. The molecule has 0 unspecified atom stereocenters. The lowest BCUT2D eigenvalue weighted by Crippen LogP contribution is -2.12. The summed E-state index contributed by atoms with van der Waals surface area (Å²) in [5, 5.41) is 5.53. The number of rotatable bonds is 9. The Kier molecular flexibility index (Phi) is 8.33. The van der Waals surface area contributed by atoms with Crippen LogP contribution in [0.15, 0.2) is 46.9 Å². The number of nitrogens with one attached hydrogen (secondary N) is 2. The standard InChI is InChI=1S/C21H25BrN2O3/c1-3-4-5-6-12-27-20-11-10-16(13-19(20)22)21(26)24-18-9-7-8-17(14-18)23-15(2)25/h7-11,13-14H,3-6,12H2,1-2H3,(H,23,25)(H,24,26). The minimum absolute atomic E-state index is 0.160. The van der Waals surface area contributed by atoms with Crippen LogP contribution in [0.3, 0.4) is 0 Å². The second-order valence-corrected chi connectivity index (χ2v) is 7.12. The van der Waals surface area contributed by atoms with E-state index in [0.29, 0.717) is 23.5 Å². The molecule has 2 N–H and O–H groups in total. The zero-order valence-electron chi connectivity index (χ0n) is 15.7. The van der Waals surface area contributed by atoms with Gasteiger partial charge in [0, 0.05) is 23.9 Å². The van der Waals surface area contributed by atoms with Gasteiger partial charge in [0.1, 0.15) is 5.75 Å². The Labute approximate surface area is 168 Å². The molecule has 6 heteroatoms. The van der Waals surface area contributed by atoms with Crippen LogP contribution in [0.5, 0.6) is 5.75 Å². The summed E-state index contributed by atoms with van der Waals surface area (Å²) in [6, 6.07) is 12.3. The van der Waals surface area contributed by atoms with Crippen LogP contribution in [0.2, 0.25) is 0 Å². The first-order chi connectivity index (χ1) is 13.0. The Morgan fingerprint density at radius 2 is 1.74 bits per heavy atom. The molecule has 2 amide bonds. The maximum absolute atomic E-state index is 12.5. The fraction of sp³-hybridized carbons (Fsp3) is 0.333. The number of amides is 2. The normalized spacial score (nSPS) is 10.3. The molecule has 0 radical (unpaired) electrons. The van der Waals surface area contributed by atoms with Crippen molar-refractivity contribution in [3.8, 4) is 5.75 Å². The van der Waals surface area contributed by atoms with Gasteiger partial charge in [0.15, 0.2) is 0 Å². The summed E-state index contributed by atoms with van der Waals surface area (Å²) in [7, 11) is 0. The molecule has 0 saturated carbocycles. The lowest BCUT2D eigenvalue weighted by atomic mass is 10.2. The Morgan fingerprint density at radius 1 is 1.00 bits per heavy atom. The topological polar surface area (TPSA) is 67.4 Å². The molecule has 0 aliphatic heterocycles. The highest BCUT2D eigenvalue weighted by Gasteiger charge is 2.10. The van der Waals surface area contributed by atoms with Crippen LogP contribution in [0, 0.1) is 0 Å². The molecule has 0 spiro atoms. The first-order valence-electron chi connectivity index (χ1n) is 9.11. The molecular formula is C21H25BrN2O3. The summed E-state index contributed by atoms with van der Waals surface area (Å²) in [5.41, 5.74) is 1.76. The van der Waals surface area contributed by atoms with Crippen molar-refractivity contribution in [3.63, 3.8) is 0 Å². The number of benzene rings is 2. The summed E-state index contributed by atoms with van der Waals surface area (Å²) in [4.78, 5) is 23.6. The molecule has 0 atom stereocenters. The highest BCUT2D eigenvalue weighted by Crippen LogP contribution is 2.27. The van der Waals surface area contributed by atoms with E-state index >= 15 is 0 Å². The summed E-state index contributed by atoms with van der Waals surface area (Å²) in [5.74, 6) is 0.341. The molecule has 144 valence electrons. The molecule has 0 saturated heterocycles. The number of anilines is 2. The van der Waals surface area contributed by atoms with Gasteiger partial charge in [-0.15, -0.1) is 0 Å². The molecular weight excluding hydrogens is 408 g/mol. The quantitative estimate of drug-likeness (QED) is 0.505. The van der Waals surface area contributed by atoms with E-state index in [2.05, 4.69) is 33.5 Å². The van der Waals surface area contributed by atoms with E-state index in [1.165, 1.54) is 19.8 Å². The molecule has 0 aliphatic carbocycles. The van der Waals surface area contributed by atoms with Crippen molar-refractivity contribution in [1.29, 1.82) is 0 Å². The van der Waals surface area contributed by atoms with Gasteiger partial charge in [0.2, 0.25) is 5.91 Å². The number of unbranched alkanes of at least 4 members (excludes halogenated alkanes) is 3. The van der Waals surface area contributed by atoms with Gasteiger partial charge in [0.25, 0.3) is 5.91 Å². The van der Waals surface area contributed by atoms with E-state index in [0.717, 1.165) is 23.1 Å². The van der Waals surface area contributed by atoms with E-state index in [9.17, 15) is 9.59 Å². The van der Waals surface area contributed by atoms with Gasteiger partial charge in [-0.3, -0.25) is 9.59 Å². The van der Waals surface area contributed by atoms with Crippen LogP contribution in [-0.2, 0) is 4.79 Å². The number of ether oxygens (including phenoxy) is 1. The van der Waals surface area contributed by atoms with Gasteiger partial charge in [-0.05, 0) is 58.7 Å². The summed E-state index contributed by atoms with van der Waals surface area (Å²) in [6.45, 7) is 4.29. The minimum Gasteiger partial charge on any atom is -0.492 e. The second-order valence-electron chi connectivity index (χ2n) is 6.27. The van der Waals surface area contributed by atoms with Gasteiger partial charge >= 0.3 is 0 Å². The summed E-state index contributed by atoms with van der Waals surface area (Å²) < 4.78 is 6.52. The number of hydrogen-bond donors (Lipinski definition) is 2. The third kappa shape index (κ3) is 7.06. The van der Waals surface area contributed by atoms with E-state index < -0.39 is 0 Å². The minimum atomic E-state index is -0.231. The molecule has 2 aromatic carbocycles. The smallest absolute Gasteiger partial charge is 0.255 e. The van der Waals surface area contributed by atoms with Crippen molar-refractivity contribution >= 4 is 39.1 Å². The number of carbonyl (C=O) groups excluding carboxylic acids is 2. The van der Waals surface area contributed by atoms with Crippen LogP contribution in [0.25, 0.3) is 0 Å². The molecule has 0 bridgehead atoms. The number of halogens is 1. The van der Waals surface area contributed by atoms with Crippen molar-refractivity contribution in [2.24, 2.45) is 0 Å². The molecule has 27 heavy (non-hydrogen) atoms. The lowest BCUT2D eigenvalue weighted by molar-refractivity contribution is -0.114. The third-order valence-corrected chi connectivity index (χ3v) is 4.51. The van der Waals surface area contributed by atoms with Crippen LogP contribution in [-0.4, -0.2) is 18.4 Å². The van der Waals surface area contributed by atoms with Gasteiger partial charge in [0.05, 0.1) is 11.1 Å². The molecule has 0 aromatic heterocycles. The van der Waals surface area contributed by atoms with Crippen LogP contribution < -0.4 is 15.4 Å². The van der Waals surface area contributed by atoms with Crippen molar-refractivity contribution < 1.29 is 14.3 Å². The maximum Gasteiger partial charge on any atom is 0.255 e. The summed E-state index contributed by atoms with van der Waals surface area (Å²) >= 11 is 3.47. The Bertz CT molecular complexity index is 793. The zero-order chi connectivity index (χ0) is 19.6. The first kappa shape index (κ1) is 21.0. The lowest BCUT2D eigenvalue weighted by Gasteiger charge is -2.11. The molecule has 0 aliphatic rings. The highest BCUT2D eigenvalue weighted by molar-refractivity contribution is 9.10. The number of hydrogen-bond acceptors (Lipinski definition) is 3. The van der Waals surface area contributed by atoms with E-state index in [1.807, 2.05) is 0 Å². The van der Waals surface area contributed by atoms with Crippen molar-refractivity contribution in [3.05, 3.63) is 52.5 Å². The molecule has 2 aromatic rings. The third-order valence-electron chi connectivity index (χ3n) is 3.89. The molecule has 0 heterocycles. The van der Waals surface area contributed by atoms with E-state index in [-0.39, 0.29) is 11.8 Å². The maximum atomic E-state index is 12.5. The summed E-state index contributed by atoms with van der Waals surface area (Å²) in [6.07, 6.45) is 4.59. The molecule has 2 rings (SSSR count). The van der Waals surface area contributed by atoms with Gasteiger partial charge in [-0.25, -0.2) is 0 Å². The van der Waals surface area contributed by atoms with Crippen LogP contribution in [0.1, 0.15) is 49.9 Å². The van der Waals surface area contributed by atoms with Crippen molar-refractivity contribution in [1.82, 2.24) is 0 Å². The van der Waals surface area contributed by atoms with Crippen LogP contribution >= 0.6 is 15.9 Å². The Morgan fingerprint density at radius 3 is 2.41 bits per heavy atom. The SMILES string of the molecule is CCCCCCOc1ccc(C(=O)Nc2cccc(NC(C)=O)c2)cc1Br. The van der Waals surface area contributed by atoms with E-state index in [4.69, 9.17) is 4.74 Å². The van der Waals surface area contributed by atoms with Crippen molar-refractivity contribution in [2.75, 3.05) is 17.2 Å². The second kappa shape index (κ2) is 10.7. The Hall–Kier alpha value is -2.34. The fourth-order valence-corrected chi connectivity index (χ4v) is 3.04. The fourth-order valence-electron chi connectivity index (χ4n) is 2.55. The van der Waals surface area contributed by atoms with E-state index in [1.54, 1.807) is 42.5 Å². The van der Waals surface area contributed by atoms with Crippen molar-refractivity contribution in [2.45, 2.75) is 39.5 Å². The van der Waals surface area contributed by atoms with Crippen LogP contribution in [0.4, 0.5) is 11.4 Å². The van der Waals surface area contributed by atoms with Gasteiger partial charge in [-0.1, -0.05) is 32.3 Å². The predicted molar refractivity (Wildman–Crippen MR) is 112 cm³/mol. The van der Waals surface area contributed by atoms with Gasteiger partial charge < -0.3 is 15.4 Å². The molecule has 5 nitrogen and oxygen atoms in total. The first-order valence-corrected chi connectivity index (χ1v) is 9.90.